The van der Waals surface area contributed by atoms with Crippen molar-refractivity contribution < 1.29 is 27.6 Å². The lowest BCUT2D eigenvalue weighted by Gasteiger charge is -2.12. The Bertz CT molecular complexity index is 1140. The molecule has 0 atom stereocenters. The van der Waals surface area contributed by atoms with Crippen LogP contribution in [0.25, 0.3) is 0 Å². The molecule has 1 aromatic carbocycles. The molecule has 1 aromatic heterocycles. The van der Waals surface area contributed by atoms with Gasteiger partial charge in [-0.05, 0) is 31.5 Å². The molecule has 0 aliphatic heterocycles. The predicted molar refractivity (Wildman–Crippen MR) is 103 cm³/mol. The summed E-state index contributed by atoms with van der Waals surface area (Å²) in [5.74, 6) is -1.87. The summed E-state index contributed by atoms with van der Waals surface area (Å²) < 4.78 is 34.2. The fourth-order valence-electron chi connectivity index (χ4n) is 2.19. The van der Waals surface area contributed by atoms with Crippen molar-refractivity contribution in [1.82, 2.24) is 9.97 Å². The number of hydrogen-bond acceptors (Lipinski definition) is 11. The Hall–Kier alpha value is -3.79. The monoisotopic (exact) mass is 435 g/mol. The van der Waals surface area contributed by atoms with Gasteiger partial charge in [0.15, 0.2) is 0 Å². The second-order valence-electron chi connectivity index (χ2n) is 5.89. The van der Waals surface area contributed by atoms with E-state index < -0.39 is 49.8 Å². The molecule has 30 heavy (non-hydrogen) atoms. The Morgan fingerprint density at radius 2 is 2.07 bits per heavy atom. The van der Waals surface area contributed by atoms with E-state index in [4.69, 9.17) is 14.7 Å². The van der Waals surface area contributed by atoms with Gasteiger partial charge >= 0.3 is 17.5 Å². The first-order valence-electron chi connectivity index (χ1n) is 8.41. The average Bonchev–Trinajstić information content (AvgIpc) is 2.67. The molecule has 13 heteroatoms. The first-order valence-corrected chi connectivity index (χ1v) is 10.3. The van der Waals surface area contributed by atoms with Crippen LogP contribution in [0.15, 0.2) is 23.4 Å². The highest BCUT2D eigenvalue weighted by Crippen LogP contribution is 2.36. The van der Waals surface area contributed by atoms with Gasteiger partial charge in [0, 0.05) is 6.26 Å². The third-order valence-electron chi connectivity index (χ3n) is 3.58. The van der Waals surface area contributed by atoms with Gasteiger partial charge < -0.3 is 14.8 Å². The number of benzene rings is 1. The molecule has 0 radical (unpaired) electrons. The molecule has 0 saturated heterocycles. The number of carbonyl (C=O) groups excluding carboxylic acids is 1. The predicted octanol–water partition coefficient (Wildman–Crippen LogP) is 1.74. The Labute approximate surface area is 171 Å². The SMILES string of the molecule is CCOC(=O)CNc1nc(S(C)(=O)=O)nc(Oc2cc(C#N)ccc2C)c1[N+](=O)[O-]. The molecular formula is C17H17N5O7S. The summed E-state index contributed by atoms with van der Waals surface area (Å²) >= 11 is 0. The molecule has 158 valence electrons. The molecule has 0 aliphatic carbocycles. The molecule has 0 amide bonds. The van der Waals surface area contributed by atoms with Crippen LogP contribution in [0.5, 0.6) is 11.6 Å². The van der Waals surface area contributed by atoms with Crippen LogP contribution in [0, 0.1) is 28.4 Å². The molecule has 0 fully saturated rings. The second-order valence-corrected chi connectivity index (χ2v) is 7.80. The maximum atomic E-state index is 12.0. The zero-order valence-electron chi connectivity index (χ0n) is 16.2. The normalized spacial score (nSPS) is 10.7. The Morgan fingerprint density at radius 1 is 1.37 bits per heavy atom. The Morgan fingerprint density at radius 3 is 2.63 bits per heavy atom. The van der Waals surface area contributed by atoms with Crippen LogP contribution in [0.1, 0.15) is 18.1 Å². The van der Waals surface area contributed by atoms with Crippen molar-refractivity contribution in [3.8, 4) is 17.7 Å². The van der Waals surface area contributed by atoms with Crippen LogP contribution in [0.4, 0.5) is 11.5 Å². The highest BCUT2D eigenvalue weighted by atomic mass is 32.2. The number of nitriles is 1. The molecule has 0 saturated carbocycles. The van der Waals surface area contributed by atoms with Crippen LogP contribution >= 0.6 is 0 Å². The highest BCUT2D eigenvalue weighted by molar-refractivity contribution is 7.90. The van der Waals surface area contributed by atoms with E-state index in [1.165, 1.54) is 12.1 Å². The topological polar surface area (TPSA) is 174 Å². The van der Waals surface area contributed by atoms with E-state index in [2.05, 4.69) is 15.3 Å². The summed E-state index contributed by atoms with van der Waals surface area (Å²) in [6.45, 7) is 2.79. The lowest BCUT2D eigenvalue weighted by molar-refractivity contribution is -0.385. The number of nitrogens with zero attached hydrogens (tertiary/aromatic N) is 4. The van der Waals surface area contributed by atoms with Crippen LogP contribution in [0.3, 0.4) is 0 Å². The Kier molecular flexibility index (Phi) is 6.85. The van der Waals surface area contributed by atoms with Crippen molar-refractivity contribution in [2.75, 3.05) is 24.7 Å². The van der Waals surface area contributed by atoms with Gasteiger partial charge in [0.1, 0.15) is 12.3 Å². The molecule has 2 aromatic rings. The van der Waals surface area contributed by atoms with E-state index in [1.807, 2.05) is 6.07 Å². The van der Waals surface area contributed by atoms with Gasteiger partial charge in [-0.1, -0.05) is 6.07 Å². The quantitative estimate of drug-likeness (QED) is 0.277. The van der Waals surface area contributed by atoms with E-state index in [9.17, 15) is 23.3 Å². The fraction of sp³-hybridized carbons (Fsp3) is 0.294. The lowest BCUT2D eigenvalue weighted by atomic mass is 10.1. The molecular weight excluding hydrogens is 418 g/mol. The number of hydrogen-bond donors (Lipinski definition) is 1. The van der Waals surface area contributed by atoms with Crippen LogP contribution in [-0.2, 0) is 19.4 Å². The third kappa shape index (κ3) is 5.39. The van der Waals surface area contributed by atoms with Gasteiger partial charge in [-0.3, -0.25) is 14.9 Å². The highest BCUT2D eigenvalue weighted by Gasteiger charge is 2.30. The number of nitro groups is 1. The molecule has 2 rings (SSSR count). The maximum Gasteiger partial charge on any atom is 0.373 e. The first-order chi connectivity index (χ1) is 14.1. The molecule has 0 spiro atoms. The molecule has 1 heterocycles. The zero-order chi connectivity index (χ0) is 22.5. The zero-order valence-corrected chi connectivity index (χ0v) is 17.0. The van der Waals surface area contributed by atoms with Crippen molar-refractivity contribution in [2.45, 2.75) is 19.0 Å². The number of ether oxygens (including phenoxy) is 2. The number of nitrogens with one attached hydrogen (secondary N) is 1. The smallest absolute Gasteiger partial charge is 0.373 e. The maximum absolute atomic E-state index is 12.0. The van der Waals surface area contributed by atoms with Crippen molar-refractivity contribution in [3.63, 3.8) is 0 Å². The van der Waals surface area contributed by atoms with Gasteiger partial charge in [-0.15, -0.1) is 0 Å². The first kappa shape index (κ1) is 22.5. The summed E-state index contributed by atoms with van der Waals surface area (Å²) in [5.41, 5.74) is -0.0476. The van der Waals surface area contributed by atoms with Gasteiger partial charge in [0.2, 0.25) is 15.7 Å². The van der Waals surface area contributed by atoms with E-state index in [0.29, 0.717) is 5.56 Å². The minimum atomic E-state index is -3.99. The number of aryl methyl sites for hydroxylation is 1. The lowest BCUT2D eigenvalue weighted by Crippen LogP contribution is -2.19. The van der Waals surface area contributed by atoms with E-state index in [0.717, 1.165) is 6.26 Å². The summed E-state index contributed by atoms with van der Waals surface area (Å²) in [6.07, 6.45) is 0.814. The van der Waals surface area contributed by atoms with E-state index in [1.54, 1.807) is 19.9 Å². The number of esters is 1. The fourth-order valence-corrected chi connectivity index (χ4v) is 2.70. The minimum absolute atomic E-state index is 0.0617. The molecule has 0 aliphatic rings. The summed E-state index contributed by atoms with van der Waals surface area (Å²) in [7, 11) is -3.99. The summed E-state index contributed by atoms with van der Waals surface area (Å²) in [5, 5.41) is 22.4. The van der Waals surface area contributed by atoms with Crippen molar-refractivity contribution in [3.05, 3.63) is 39.4 Å². The molecule has 0 bridgehead atoms. The minimum Gasteiger partial charge on any atom is -0.465 e. The van der Waals surface area contributed by atoms with Gasteiger partial charge in [0.25, 0.3) is 5.16 Å². The summed E-state index contributed by atoms with van der Waals surface area (Å²) in [6, 6.07) is 6.30. The number of carbonyl (C=O) groups is 1. The number of sulfone groups is 1. The van der Waals surface area contributed by atoms with E-state index >= 15 is 0 Å². The number of rotatable bonds is 8. The largest absolute Gasteiger partial charge is 0.465 e. The van der Waals surface area contributed by atoms with Crippen molar-refractivity contribution >= 4 is 27.3 Å². The van der Waals surface area contributed by atoms with Crippen LogP contribution in [-0.4, -0.2) is 48.7 Å². The van der Waals surface area contributed by atoms with E-state index in [-0.39, 0.29) is 17.9 Å². The molecule has 1 N–H and O–H groups in total. The van der Waals surface area contributed by atoms with Crippen LogP contribution in [0.2, 0.25) is 0 Å². The van der Waals surface area contributed by atoms with Gasteiger partial charge in [-0.25, -0.2) is 8.42 Å². The average molecular weight is 435 g/mol. The van der Waals surface area contributed by atoms with Crippen molar-refractivity contribution in [1.29, 1.82) is 5.26 Å². The van der Waals surface area contributed by atoms with Crippen LogP contribution < -0.4 is 10.1 Å². The standard InChI is InChI=1S/C17H17N5O7S/c1-4-28-13(23)9-19-15-14(22(24)25)16(21-17(20-15)30(3,26)27)29-12-7-11(8-18)6-5-10(12)2/h5-7H,4,9H2,1-3H3,(H,19,20,21). The number of aromatic nitrogens is 2. The Balaban J connectivity index is 2.62. The molecule has 0 unspecified atom stereocenters. The second kappa shape index (κ2) is 9.14. The van der Waals surface area contributed by atoms with Crippen molar-refractivity contribution in [2.24, 2.45) is 0 Å². The molecule has 12 nitrogen and oxygen atoms in total. The van der Waals surface area contributed by atoms with Gasteiger partial charge in [0.05, 0.1) is 23.2 Å². The number of anilines is 1. The van der Waals surface area contributed by atoms with Gasteiger partial charge in [-0.2, -0.15) is 15.2 Å². The summed E-state index contributed by atoms with van der Waals surface area (Å²) in [4.78, 5) is 29.7. The third-order valence-corrected chi connectivity index (χ3v) is 4.42.